The van der Waals surface area contributed by atoms with Gasteiger partial charge < -0.3 is 5.73 Å². The van der Waals surface area contributed by atoms with Crippen molar-refractivity contribution in [2.24, 2.45) is 0 Å². The first-order chi connectivity index (χ1) is 5.92. The minimum atomic E-state index is -4.28. The maximum Gasteiger partial charge on any atom is 0.408 e. The van der Waals surface area contributed by atoms with Crippen LogP contribution in [0.5, 0.6) is 0 Å². The Balaban J connectivity index is 2.83. The first-order valence-corrected chi connectivity index (χ1v) is 4.59. The predicted octanol–water partition coefficient (Wildman–Crippen LogP) is 1.75. The predicted molar refractivity (Wildman–Crippen MR) is 44.5 cm³/mol. The lowest BCUT2D eigenvalue weighted by atomic mass is 10.6. The summed E-state index contributed by atoms with van der Waals surface area (Å²) in [6, 6.07) is 1.41. The van der Waals surface area contributed by atoms with E-state index in [1.54, 1.807) is 6.26 Å². The Morgan fingerprint density at radius 1 is 1.62 bits per heavy atom. The molecule has 0 unspecified atom stereocenters. The molecular weight excluding hydrogens is 203 g/mol. The average molecular weight is 211 g/mol. The van der Waals surface area contributed by atoms with Crippen molar-refractivity contribution < 1.29 is 13.2 Å². The van der Waals surface area contributed by atoms with Crippen LogP contribution in [0.15, 0.2) is 11.1 Å². The van der Waals surface area contributed by atoms with E-state index in [9.17, 15) is 13.2 Å². The molecule has 0 saturated carbocycles. The van der Waals surface area contributed by atoms with Crippen LogP contribution in [0.1, 0.15) is 0 Å². The molecule has 0 amide bonds. The van der Waals surface area contributed by atoms with Crippen LogP contribution in [0.3, 0.4) is 0 Å². The zero-order valence-electron chi connectivity index (χ0n) is 6.80. The number of halogens is 3. The first-order valence-electron chi connectivity index (χ1n) is 3.36. The van der Waals surface area contributed by atoms with Gasteiger partial charge >= 0.3 is 6.18 Å². The quantitative estimate of drug-likeness (QED) is 0.758. The molecule has 1 heterocycles. The van der Waals surface area contributed by atoms with Crippen molar-refractivity contribution in [2.75, 3.05) is 12.0 Å². The first kappa shape index (κ1) is 10.2. The zero-order valence-corrected chi connectivity index (χ0v) is 7.61. The Morgan fingerprint density at radius 3 is 2.62 bits per heavy atom. The van der Waals surface area contributed by atoms with E-state index in [1.807, 2.05) is 0 Å². The molecule has 0 saturated heterocycles. The Kier molecular flexibility index (Phi) is 2.74. The Hall–Kier alpha value is -0.850. The minimum absolute atomic E-state index is 0.0293. The van der Waals surface area contributed by atoms with Crippen molar-refractivity contribution in [3.05, 3.63) is 6.07 Å². The number of hydrogen-bond donors (Lipinski definition) is 1. The van der Waals surface area contributed by atoms with Gasteiger partial charge in [-0.25, -0.2) is 4.68 Å². The summed E-state index contributed by atoms with van der Waals surface area (Å²) in [4.78, 5) is 0. The van der Waals surface area contributed by atoms with Gasteiger partial charge in [0.15, 0.2) is 0 Å². The summed E-state index contributed by atoms with van der Waals surface area (Å²) >= 11 is 1.25. The van der Waals surface area contributed by atoms with Gasteiger partial charge in [-0.2, -0.15) is 18.3 Å². The van der Waals surface area contributed by atoms with Crippen molar-refractivity contribution >= 4 is 17.6 Å². The molecule has 7 heteroatoms. The van der Waals surface area contributed by atoms with Crippen LogP contribution >= 0.6 is 11.8 Å². The summed E-state index contributed by atoms with van der Waals surface area (Å²) in [5.74, 6) is 0.0293. The van der Waals surface area contributed by atoms with E-state index in [0.717, 1.165) is 4.68 Å². The van der Waals surface area contributed by atoms with E-state index in [0.29, 0.717) is 5.03 Å². The minimum Gasteiger partial charge on any atom is -0.384 e. The molecule has 1 aromatic rings. The third-order valence-corrected chi connectivity index (χ3v) is 1.94. The van der Waals surface area contributed by atoms with Gasteiger partial charge in [0.25, 0.3) is 0 Å². The van der Waals surface area contributed by atoms with Gasteiger partial charge in [0.2, 0.25) is 0 Å². The van der Waals surface area contributed by atoms with Crippen molar-refractivity contribution in [2.45, 2.75) is 17.7 Å². The number of alkyl halides is 3. The van der Waals surface area contributed by atoms with Crippen LogP contribution < -0.4 is 5.73 Å². The second-order valence-electron chi connectivity index (χ2n) is 2.38. The molecule has 0 aliphatic rings. The van der Waals surface area contributed by atoms with Crippen molar-refractivity contribution in [1.82, 2.24) is 9.78 Å². The summed E-state index contributed by atoms with van der Waals surface area (Å²) < 4.78 is 36.5. The summed E-state index contributed by atoms with van der Waals surface area (Å²) in [6.07, 6.45) is -2.56. The lowest BCUT2D eigenvalue weighted by Gasteiger charge is -2.06. The molecule has 3 nitrogen and oxygen atoms in total. The number of aromatic nitrogens is 2. The smallest absolute Gasteiger partial charge is 0.384 e. The highest BCUT2D eigenvalue weighted by molar-refractivity contribution is 7.98. The zero-order chi connectivity index (χ0) is 10.1. The summed E-state index contributed by atoms with van der Waals surface area (Å²) in [5.41, 5.74) is 5.31. The number of rotatable bonds is 2. The molecule has 2 N–H and O–H groups in total. The van der Waals surface area contributed by atoms with E-state index in [4.69, 9.17) is 5.73 Å². The third kappa shape index (κ3) is 2.83. The number of nitrogens with zero attached hydrogens (tertiary/aromatic N) is 2. The van der Waals surface area contributed by atoms with Crippen molar-refractivity contribution in [1.29, 1.82) is 0 Å². The fraction of sp³-hybridized carbons (Fsp3) is 0.500. The monoisotopic (exact) mass is 211 g/mol. The van der Waals surface area contributed by atoms with Gasteiger partial charge in [0.1, 0.15) is 17.4 Å². The van der Waals surface area contributed by atoms with Crippen LogP contribution in [0, 0.1) is 0 Å². The van der Waals surface area contributed by atoms with E-state index in [2.05, 4.69) is 5.10 Å². The lowest BCUT2D eigenvalue weighted by Crippen LogP contribution is -2.19. The SMILES string of the molecule is CSc1cc(N)n(CC(F)(F)F)n1. The molecule has 74 valence electrons. The van der Waals surface area contributed by atoms with Crippen LogP contribution in [0.4, 0.5) is 19.0 Å². The van der Waals surface area contributed by atoms with Gasteiger partial charge in [-0.1, -0.05) is 0 Å². The lowest BCUT2D eigenvalue weighted by molar-refractivity contribution is -0.142. The summed E-state index contributed by atoms with van der Waals surface area (Å²) in [5, 5.41) is 4.14. The topological polar surface area (TPSA) is 43.8 Å². The molecule has 0 spiro atoms. The average Bonchev–Trinajstić information content (AvgIpc) is 2.29. The molecule has 1 rings (SSSR count). The molecule has 13 heavy (non-hydrogen) atoms. The number of nitrogens with two attached hydrogens (primary N) is 1. The van der Waals surface area contributed by atoms with Crippen molar-refractivity contribution in [3.8, 4) is 0 Å². The Labute approximate surface area is 77.1 Å². The maximum atomic E-state index is 11.9. The van der Waals surface area contributed by atoms with Gasteiger partial charge in [0.05, 0.1) is 0 Å². The number of thioether (sulfide) groups is 1. The molecule has 0 bridgehead atoms. The van der Waals surface area contributed by atoms with Gasteiger partial charge in [-0.3, -0.25) is 0 Å². The highest BCUT2D eigenvalue weighted by Gasteiger charge is 2.29. The van der Waals surface area contributed by atoms with E-state index in [-0.39, 0.29) is 5.82 Å². The van der Waals surface area contributed by atoms with Gasteiger partial charge in [-0.05, 0) is 6.26 Å². The van der Waals surface area contributed by atoms with E-state index >= 15 is 0 Å². The molecule has 0 radical (unpaired) electrons. The number of anilines is 1. The Bertz CT molecular complexity index is 294. The van der Waals surface area contributed by atoms with Crippen molar-refractivity contribution in [3.63, 3.8) is 0 Å². The molecule has 0 atom stereocenters. The van der Waals surface area contributed by atoms with E-state index in [1.165, 1.54) is 17.8 Å². The molecule has 0 aromatic carbocycles. The fourth-order valence-electron chi connectivity index (χ4n) is 0.803. The molecule has 0 fully saturated rings. The number of hydrogen-bond acceptors (Lipinski definition) is 3. The maximum absolute atomic E-state index is 11.9. The fourth-order valence-corrected chi connectivity index (χ4v) is 1.22. The Morgan fingerprint density at radius 2 is 2.23 bits per heavy atom. The van der Waals surface area contributed by atoms with Crippen LogP contribution in [0.25, 0.3) is 0 Å². The summed E-state index contributed by atoms with van der Waals surface area (Å²) in [6.45, 7) is -1.14. The standard InChI is InChI=1S/C6H8F3N3S/c1-13-5-2-4(10)12(11-5)3-6(7,8)9/h2H,3,10H2,1H3. The largest absolute Gasteiger partial charge is 0.408 e. The van der Waals surface area contributed by atoms with Gasteiger partial charge in [-0.15, -0.1) is 11.8 Å². The molecular formula is C6H8F3N3S. The summed E-state index contributed by atoms with van der Waals surface area (Å²) in [7, 11) is 0. The molecule has 0 aliphatic carbocycles. The highest BCUT2D eigenvalue weighted by Crippen LogP contribution is 2.22. The highest BCUT2D eigenvalue weighted by atomic mass is 32.2. The second kappa shape index (κ2) is 3.49. The van der Waals surface area contributed by atoms with Gasteiger partial charge in [0, 0.05) is 6.07 Å². The van der Waals surface area contributed by atoms with Crippen LogP contribution in [-0.2, 0) is 6.54 Å². The number of nitrogen functional groups attached to an aromatic ring is 1. The van der Waals surface area contributed by atoms with Crippen LogP contribution in [-0.4, -0.2) is 22.2 Å². The molecule has 1 aromatic heterocycles. The van der Waals surface area contributed by atoms with Crippen LogP contribution in [0.2, 0.25) is 0 Å². The molecule has 0 aliphatic heterocycles. The van der Waals surface area contributed by atoms with E-state index < -0.39 is 12.7 Å². The third-order valence-electron chi connectivity index (χ3n) is 1.33. The second-order valence-corrected chi connectivity index (χ2v) is 3.21. The normalized spacial score (nSPS) is 12.0.